The van der Waals surface area contributed by atoms with E-state index in [1.807, 2.05) is 0 Å². The Morgan fingerprint density at radius 1 is 1.05 bits per heavy atom. The van der Waals surface area contributed by atoms with Crippen molar-refractivity contribution in [1.29, 1.82) is 0 Å². The van der Waals surface area contributed by atoms with Crippen molar-refractivity contribution in [2.24, 2.45) is 5.73 Å². The van der Waals surface area contributed by atoms with Crippen LogP contribution in [0.15, 0.2) is 29.8 Å². The van der Waals surface area contributed by atoms with E-state index in [1.54, 1.807) is 6.07 Å². The van der Waals surface area contributed by atoms with Gasteiger partial charge in [-0.15, -0.1) is 0 Å². The van der Waals surface area contributed by atoms with Gasteiger partial charge in [0.1, 0.15) is 0 Å². The molecule has 0 heterocycles. The van der Waals surface area contributed by atoms with Gasteiger partial charge in [0.15, 0.2) is 11.6 Å². The highest BCUT2D eigenvalue weighted by Gasteiger charge is 2.12. The zero-order valence-electron chi connectivity index (χ0n) is 11.2. The minimum absolute atomic E-state index is 0.0806. The monoisotopic (exact) mass is 265 g/mol. The van der Waals surface area contributed by atoms with Crippen molar-refractivity contribution >= 4 is 0 Å². The van der Waals surface area contributed by atoms with Gasteiger partial charge in [-0.3, -0.25) is 0 Å². The average Bonchev–Trinajstić information content (AvgIpc) is 2.33. The van der Waals surface area contributed by atoms with Crippen LogP contribution in [0.25, 0.3) is 0 Å². The maximum atomic E-state index is 13.2. The molecule has 19 heavy (non-hydrogen) atoms. The van der Waals surface area contributed by atoms with Crippen molar-refractivity contribution in [2.45, 2.75) is 51.0 Å². The fraction of sp³-hybridized carbons (Fsp3) is 0.500. The maximum absolute atomic E-state index is 13.2. The smallest absolute Gasteiger partial charge is 0.159 e. The quantitative estimate of drug-likeness (QED) is 0.818. The van der Waals surface area contributed by atoms with Crippen molar-refractivity contribution in [1.82, 2.24) is 0 Å². The Kier molecular flexibility index (Phi) is 5.08. The van der Waals surface area contributed by atoms with Gasteiger partial charge in [0.25, 0.3) is 0 Å². The molecule has 0 fully saturated rings. The van der Waals surface area contributed by atoms with Gasteiger partial charge in [-0.25, -0.2) is 8.78 Å². The molecule has 1 nitrogen and oxygen atoms in total. The fourth-order valence-corrected chi connectivity index (χ4v) is 2.60. The van der Waals surface area contributed by atoms with Crippen molar-refractivity contribution < 1.29 is 8.78 Å². The number of halogens is 2. The average molecular weight is 265 g/mol. The number of rotatable bonds is 3. The van der Waals surface area contributed by atoms with Crippen molar-refractivity contribution in [3.8, 4) is 0 Å². The topological polar surface area (TPSA) is 26.0 Å². The molecular formula is C16H21F2N. The molecule has 0 saturated heterocycles. The summed E-state index contributed by atoms with van der Waals surface area (Å²) in [5, 5.41) is 0. The summed E-state index contributed by atoms with van der Waals surface area (Å²) in [5.41, 5.74) is 8.23. The van der Waals surface area contributed by atoms with Crippen LogP contribution < -0.4 is 5.73 Å². The summed E-state index contributed by atoms with van der Waals surface area (Å²) in [6, 6.07) is 3.95. The molecule has 0 radical (unpaired) electrons. The summed E-state index contributed by atoms with van der Waals surface area (Å²) in [6.07, 6.45) is 9.88. The second-order valence-electron chi connectivity index (χ2n) is 5.29. The molecule has 1 aliphatic rings. The van der Waals surface area contributed by atoms with Crippen LogP contribution in [-0.4, -0.2) is 6.04 Å². The van der Waals surface area contributed by atoms with Crippen LogP contribution in [0.2, 0.25) is 0 Å². The Morgan fingerprint density at radius 2 is 1.84 bits per heavy atom. The van der Waals surface area contributed by atoms with Gasteiger partial charge < -0.3 is 5.73 Å². The van der Waals surface area contributed by atoms with Crippen molar-refractivity contribution in [2.75, 3.05) is 0 Å². The summed E-state index contributed by atoms with van der Waals surface area (Å²) in [4.78, 5) is 0. The lowest BCUT2D eigenvalue weighted by Gasteiger charge is -2.18. The third kappa shape index (κ3) is 4.13. The molecule has 1 aromatic rings. The van der Waals surface area contributed by atoms with Gasteiger partial charge in [-0.2, -0.15) is 0 Å². The van der Waals surface area contributed by atoms with E-state index in [-0.39, 0.29) is 6.04 Å². The molecule has 3 heteroatoms. The van der Waals surface area contributed by atoms with Crippen LogP contribution >= 0.6 is 0 Å². The first-order valence-electron chi connectivity index (χ1n) is 7.05. The number of hydrogen-bond donors (Lipinski definition) is 1. The van der Waals surface area contributed by atoms with Gasteiger partial charge >= 0.3 is 0 Å². The van der Waals surface area contributed by atoms with Gasteiger partial charge in [0.2, 0.25) is 0 Å². The predicted molar refractivity (Wildman–Crippen MR) is 73.8 cm³/mol. The van der Waals surface area contributed by atoms with E-state index in [0.29, 0.717) is 6.42 Å². The van der Waals surface area contributed by atoms with E-state index in [1.165, 1.54) is 43.4 Å². The molecule has 0 aromatic heterocycles. The summed E-state index contributed by atoms with van der Waals surface area (Å²) < 4.78 is 26.0. The molecule has 0 bridgehead atoms. The highest BCUT2D eigenvalue weighted by Crippen LogP contribution is 2.21. The van der Waals surface area contributed by atoms with E-state index in [2.05, 4.69) is 6.08 Å². The molecule has 104 valence electrons. The summed E-state index contributed by atoms with van der Waals surface area (Å²) in [5.74, 6) is -1.60. The summed E-state index contributed by atoms with van der Waals surface area (Å²) in [7, 11) is 0. The lowest BCUT2D eigenvalue weighted by molar-refractivity contribution is 0.506. The highest BCUT2D eigenvalue weighted by molar-refractivity contribution is 5.22. The van der Waals surface area contributed by atoms with Crippen molar-refractivity contribution in [3.63, 3.8) is 0 Å². The third-order valence-electron chi connectivity index (χ3n) is 3.74. The molecule has 2 N–H and O–H groups in total. The molecule has 1 unspecified atom stereocenters. The van der Waals surface area contributed by atoms with E-state index in [4.69, 9.17) is 5.73 Å². The van der Waals surface area contributed by atoms with E-state index in [9.17, 15) is 8.78 Å². The Labute approximate surface area is 113 Å². The Hall–Kier alpha value is -1.22. The van der Waals surface area contributed by atoms with Crippen LogP contribution in [0, 0.1) is 11.6 Å². The SMILES string of the molecule is NC(Cc1ccc(F)c(F)c1)/C1=C/CCCCCC1. The first kappa shape index (κ1) is 14.2. The van der Waals surface area contributed by atoms with Gasteiger partial charge in [0, 0.05) is 6.04 Å². The van der Waals surface area contributed by atoms with E-state index in [0.717, 1.165) is 18.4 Å². The number of benzene rings is 1. The molecule has 1 aromatic carbocycles. The van der Waals surface area contributed by atoms with Crippen LogP contribution in [-0.2, 0) is 6.42 Å². The molecule has 0 aliphatic heterocycles. The minimum atomic E-state index is -0.803. The number of hydrogen-bond acceptors (Lipinski definition) is 1. The molecule has 1 atom stereocenters. The van der Waals surface area contributed by atoms with Crippen molar-refractivity contribution in [3.05, 3.63) is 47.0 Å². The molecule has 1 aliphatic carbocycles. The number of nitrogens with two attached hydrogens (primary N) is 1. The molecule has 0 spiro atoms. The van der Waals surface area contributed by atoms with E-state index < -0.39 is 11.6 Å². The standard InChI is InChI=1S/C16H21F2N/c17-14-9-8-12(10-15(14)18)11-16(19)13-6-4-2-1-3-5-7-13/h6,8-10,16H,1-5,7,11,19H2/b13-6+. The largest absolute Gasteiger partial charge is 0.324 e. The van der Waals surface area contributed by atoms with Gasteiger partial charge in [-0.1, -0.05) is 30.6 Å². The molecule has 2 rings (SSSR count). The Morgan fingerprint density at radius 3 is 2.63 bits per heavy atom. The summed E-state index contributed by atoms with van der Waals surface area (Å²) >= 11 is 0. The minimum Gasteiger partial charge on any atom is -0.324 e. The van der Waals surface area contributed by atoms with Crippen LogP contribution in [0.1, 0.15) is 44.1 Å². The first-order valence-corrected chi connectivity index (χ1v) is 7.05. The van der Waals surface area contributed by atoms with Gasteiger partial charge in [-0.05, 0) is 49.8 Å². The fourth-order valence-electron chi connectivity index (χ4n) is 2.60. The number of allylic oxidation sites excluding steroid dienone is 1. The highest BCUT2D eigenvalue weighted by atomic mass is 19.2. The van der Waals surface area contributed by atoms with Crippen LogP contribution in [0.4, 0.5) is 8.78 Å². The zero-order chi connectivity index (χ0) is 13.7. The second-order valence-corrected chi connectivity index (χ2v) is 5.29. The van der Waals surface area contributed by atoms with Gasteiger partial charge in [0.05, 0.1) is 0 Å². The van der Waals surface area contributed by atoms with E-state index >= 15 is 0 Å². The molecule has 0 amide bonds. The normalized spacial score (nSPS) is 21.1. The lowest BCUT2D eigenvalue weighted by atomic mass is 9.92. The van der Waals surface area contributed by atoms with Crippen LogP contribution in [0.5, 0.6) is 0 Å². The lowest BCUT2D eigenvalue weighted by Crippen LogP contribution is -2.26. The summed E-state index contributed by atoms with van der Waals surface area (Å²) in [6.45, 7) is 0. The maximum Gasteiger partial charge on any atom is 0.159 e. The predicted octanol–water partition coefficient (Wildman–Crippen LogP) is 4.12. The Balaban J connectivity index is 2.02. The molecular weight excluding hydrogens is 244 g/mol. The van der Waals surface area contributed by atoms with Crippen LogP contribution in [0.3, 0.4) is 0 Å². The molecule has 0 saturated carbocycles. The Bertz CT molecular complexity index is 454. The first-order chi connectivity index (χ1) is 9.16. The zero-order valence-corrected chi connectivity index (χ0v) is 11.2. The third-order valence-corrected chi connectivity index (χ3v) is 3.74. The second kappa shape index (κ2) is 6.80.